The van der Waals surface area contributed by atoms with Gasteiger partial charge in [-0.15, -0.1) is 0 Å². The number of hydrazine groups is 1. The number of nitrogen functional groups attached to an aromatic ring is 1. The van der Waals surface area contributed by atoms with Gasteiger partial charge in [-0.25, -0.2) is 15.8 Å². The quantitative estimate of drug-likeness (QED) is 0.571. The lowest BCUT2D eigenvalue weighted by atomic mass is 10.1. The molecular formula is C16H13ClN4. The molecule has 0 spiro atoms. The van der Waals surface area contributed by atoms with Gasteiger partial charge in [0, 0.05) is 16.1 Å². The Balaban J connectivity index is 2.11. The molecule has 0 saturated carbocycles. The molecule has 5 heteroatoms. The summed E-state index contributed by atoms with van der Waals surface area (Å²) < 4.78 is 0. The average Bonchev–Trinajstić information content (AvgIpc) is 2.56. The fraction of sp³-hybridized carbons (Fsp3) is 0. The zero-order valence-electron chi connectivity index (χ0n) is 11.1. The summed E-state index contributed by atoms with van der Waals surface area (Å²) in [4.78, 5) is 8.78. The summed E-state index contributed by atoms with van der Waals surface area (Å²) in [5.41, 5.74) is 6.07. The fourth-order valence-corrected chi connectivity index (χ4v) is 2.16. The van der Waals surface area contributed by atoms with Crippen molar-refractivity contribution in [2.45, 2.75) is 0 Å². The highest BCUT2D eigenvalue weighted by Crippen LogP contribution is 2.25. The molecule has 0 amide bonds. The highest BCUT2D eigenvalue weighted by molar-refractivity contribution is 6.30. The molecular weight excluding hydrogens is 284 g/mol. The second-order valence-electron chi connectivity index (χ2n) is 4.48. The van der Waals surface area contributed by atoms with E-state index >= 15 is 0 Å². The van der Waals surface area contributed by atoms with E-state index in [1.807, 2.05) is 60.7 Å². The lowest BCUT2D eigenvalue weighted by Gasteiger charge is -2.08. The first-order valence-corrected chi connectivity index (χ1v) is 6.81. The molecule has 1 aromatic heterocycles. The molecule has 0 unspecified atom stereocenters. The first kappa shape index (κ1) is 13.5. The van der Waals surface area contributed by atoms with Crippen molar-refractivity contribution in [3.8, 4) is 22.5 Å². The molecule has 4 nitrogen and oxygen atoms in total. The van der Waals surface area contributed by atoms with Crippen LogP contribution in [0.1, 0.15) is 0 Å². The maximum Gasteiger partial charge on any atom is 0.238 e. The predicted molar refractivity (Wildman–Crippen MR) is 85.7 cm³/mol. The van der Waals surface area contributed by atoms with Crippen LogP contribution >= 0.6 is 11.6 Å². The van der Waals surface area contributed by atoms with Gasteiger partial charge in [-0.1, -0.05) is 54.1 Å². The summed E-state index contributed by atoms with van der Waals surface area (Å²) in [6.45, 7) is 0. The van der Waals surface area contributed by atoms with Crippen LogP contribution in [0, 0.1) is 0 Å². The Hall–Kier alpha value is -2.43. The largest absolute Gasteiger partial charge is 0.292 e. The third-order valence-electron chi connectivity index (χ3n) is 3.06. The summed E-state index contributed by atoms with van der Waals surface area (Å²) in [6, 6.07) is 19.3. The summed E-state index contributed by atoms with van der Waals surface area (Å²) in [7, 11) is 0. The van der Waals surface area contributed by atoms with E-state index in [-0.39, 0.29) is 0 Å². The molecule has 0 aliphatic rings. The van der Waals surface area contributed by atoms with Gasteiger partial charge in [-0.2, -0.15) is 0 Å². The predicted octanol–water partition coefficient (Wildman–Crippen LogP) is 3.75. The van der Waals surface area contributed by atoms with Crippen molar-refractivity contribution in [1.29, 1.82) is 0 Å². The molecule has 3 rings (SSSR count). The van der Waals surface area contributed by atoms with Crippen LogP contribution in [-0.2, 0) is 0 Å². The summed E-state index contributed by atoms with van der Waals surface area (Å²) in [5, 5.41) is 0.688. The van der Waals surface area contributed by atoms with Crippen LogP contribution in [-0.4, -0.2) is 9.97 Å². The molecule has 3 aromatic rings. The monoisotopic (exact) mass is 296 g/mol. The Morgan fingerprint density at radius 1 is 0.810 bits per heavy atom. The Kier molecular flexibility index (Phi) is 3.81. The zero-order valence-corrected chi connectivity index (χ0v) is 11.9. The maximum absolute atomic E-state index is 5.92. The van der Waals surface area contributed by atoms with Crippen LogP contribution in [0.2, 0.25) is 5.02 Å². The van der Waals surface area contributed by atoms with E-state index < -0.39 is 0 Å². The second-order valence-corrected chi connectivity index (χ2v) is 4.92. The van der Waals surface area contributed by atoms with E-state index in [1.165, 1.54) is 0 Å². The number of halogens is 1. The first-order valence-electron chi connectivity index (χ1n) is 6.43. The van der Waals surface area contributed by atoms with Gasteiger partial charge in [0.05, 0.1) is 11.4 Å². The van der Waals surface area contributed by atoms with E-state index in [2.05, 4.69) is 15.4 Å². The SMILES string of the molecule is NNc1nc(-c2ccccc2)cc(-c2ccc(Cl)cc2)n1. The standard InChI is InChI=1S/C16H13ClN4/c17-13-8-6-12(7-9-13)15-10-14(19-16(20-15)21-18)11-4-2-1-3-5-11/h1-10H,18H2,(H,19,20,21). The normalized spacial score (nSPS) is 10.4. The van der Waals surface area contributed by atoms with Crippen molar-refractivity contribution < 1.29 is 0 Å². The van der Waals surface area contributed by atoms with E-state index in [4.69, 9.17) is 17.4 Å². The van der Waals surface area contributed by atoms with Gasteiger partial charge >= 0.3 is 0 Å². The number of hydrogen-bond donors (Lipinski definition) is 2. The van der Waals surface area contributed by atoms with Crippen LogP contribution in [0.25, 0.3) is 22.5 Å². The van der Waals surface area contributed by atoms with Gasteiger partial charge in [0.25, 0.3) is 0 Å². The molecule has 3 N–H and O–H groups in total. The number of benzene rings is 2. The number of rotatable bonds is 3. The van der Waals surface area contributed by atoms with Crippen molar-refractivity contribution in [3.05, 3.63) is 65.7 Å². The minimum Gasteiger partial charge on any atom is -0.292 e. The highest BCUT2D eigenvalue weighted by Gasteiger charge is 2.07. The van der Waals surface area contributed by atoms with Crippen LogP contribution in [0.4, 0.5) is 5.95 Å². The average molecular weight is 297 g/mol. The van der Waals surface area contributed by atoms with Crippen LogP contribution in [0.3, 0.4) is 0 Å². The van der Waals surface area contributed by atoms with Crippen molar-refractivity contribution in [2.24, 2.45) is 5.84 Å². The highest BCUT2D eigenvalue weighted by atomic mass is 35.5. The molecule has 0 aliphatic heterocycles. The fourth-order valence-electron chi connectivity index (χ4n) is 2.04. The number of aromatic nitrogens is 2. The van der Waals surface area contributed by atoms with Gasteiger partial charge < -0.3 is 0 Å². The summed E-state index contributed by atoms with van der Waals surface area (Å²) >= 11 is 5.92. The third kappa shape index (κ3) is 3.02. The molecule has 2 aromatic carbocycles. The number of hydrogen-bond acceptors (Lipinski definition) is 4. The Morgan fingerprint density at radius 3 is 1.95 bits per heavy atom. The smallest absolute Gasteiger partial charge is 0.238 e. The van der Waals surface area contributed by atoms with E-state index in [1.54, 1.807) is 0 Å². The van der Waals surface area contributed by atoms with Gasteiger partial charge in [-0.3, -0.25) is 5.43 Å². The molecule has 0 bridgehead atoms. The maximum atomic E-state index is 5.92. The Labute approximate surface area is 127 Å². The number of nitrogens with two attached hydrogens (primary N) is 1. The number of nitrogens with one attached hydrogen (secondary N) is 1. The molecule has 0 atom stereocenters. The van der Waals surface area contributed by atoms with Gasteiger partial charge in [-0.05, 0) is 18.2 Å². The lowest BCUT2D eigenvalue weighted by Crippen LogP contribution is -2.11. The minimum absolute atomic E-state index is 0.376. The van der Waals surface area contributed by atoms with Crippen LogP contribution < -0.4 is 11.3 Å². The van der Waals surface area contributed by atoms with Gasteiger partial charge in [0.2, 0.25) is 5.95 Å². The molecule has 0 radical (unpaired) electrons. The number of nitrogens with zero attached hydrogens (tertiary/aromatic N) is 2. The van der Waals surface area contributed by atoms with E-state index in [0.29, 0.717) is 11.0 Å². The van der Waals surface area contributed by atoms with E-state index in [9.17, 15) is 0 Å². The Bertz CT molecular complexity index is 742. The molecule has 0 fully saturated rings. The number of anilines is 1. The second kappa shape index (κ2) is 5.91. The Morgan fingerprint density at radius 2 is 1.38 bits per heavy atom. The minimum atomic E-state index is 0.376. The van der Waals surface area contributed by atoms with Crippen molar-refractivity contribution >= 4 is 17.5 Å². The molecule has 1 heterocycles. The molecule has 0 aliphatic carbocycles. The first-order chi connectivity index (χ1) is 10.3. The van der Waals surface area contributed by atoms with Gasteiger partial charge in [0.1, 0.15) is 0 Å². The third-order valence-corrected chi connectivity index (χ3v) is 3.32. The molecule has 21 heavy (non-hydrogen) atoms. The van der Waals surface area contributed by atoms with Crippen LogP contribution in [0.15, 0.2) is 60.7 Å². The molecule has 104 valence electrons. The van der Waals surface area contributed by atoms with Crippen molar-refractivity contribution in [3.63, 3.8) is 0 Å². The topological polar surface area (TPSA) is 63.8 Å². The van der Waals surface area contributed by atoms with E-state index in [0.717, 1.165) is 22.5 Å². The summed E-state index contributed by atoms with van der Waals surface area (Å²) in [5.74, 6) is 5.85. The molecule has 0 saturated heterocycles. The van der Waals surface area contributed by atoms with Crippen LogP contribution in [0.5, 0.6) is 0 Å². The van der Waals surface area contributed by atoms with Crippen molar-refractivity contribution in [2.75, 3.05) is 5.43 Å². The van der Waals surface area contributed by atoms with Gasteiger partial charge in [0.15, 0.2) is 0 Å². The summed E-state index contributed by atoms with van der Waals surface area (Å²) in [6.07, 6.45) is 0. The van der Waals surface area contributed by atoms with Crippen molar-refractivity contribution in [1.82, 2.24) is 9.97 Å². The zero-order chi connectivity index (χ0) is 14.7. The lowest BCUT2D eigenvalue weighted by molar-refractivity contribution is 1.12.